The van der Waals surface area contributed by atoms with Crippen LogP contribution in [0.5, 0.6) is 5.75 Å². The molecule has 0 heterocycles. The second-order valence-corrected chi connectivity index (χ2v) is 4.21. The summed E-state index contributed by atoms with van der Waals surface area (Å²) in [5, 5.41) is 9.43. The number of carboxylic acids is 1. The van der Waals surface area contributed by atoms with Crippen molar-refractivity contribution < 1.29 is 14.6 Å². The molecule has 0 fully saturated rings. The first-order valence-electron chi connectivity index (χ1n) is 5.20. The zero-order valence-corrected chi connectivity index (χ0v) is 10.1. The summed E-state index contributed by atoms with van der Waals surface area (Å²) in [6.07, 6.45) is 0.989. The minimum atomic E-state index is -1.00. The Morgan fingerprint density at radius 2 is 2.25 bits per heavy atom. The van der Waals surface area contributed by atoms with Crippen LogP contribution in [0.25, 0.3) is 0 Å². The van der Waals surface area contributed by atoms with Gasteiger partial charge < -0.3 is 9.84 Å². The Morgan fingerprint density at radius 3 is 2.81 bits per heavy atom. The molecule has 0 spiro atoms. The maximum atomic E-state index is 10.9. The lowest BCUT2D eigenvalue weighted by molar-refractivity contribution is 0.0691. The Morgan fingerprint density at radius 1 is 1.56 bits per heavy atom. The van der Waals surface area contributed by atoms with E-state index in [1.54, 1.807) is 6.07 Å². The molecule has 0 aliphatic carbocycles. The molecule has 0 saturated carbocycles. The summed E-state index contributed by atoms with van der Waals surface area (Å²) in [5.74, 6) is -0.281. The predicted octanol–water partition coefficient (Wildman–Crippen LogP) is 3.46. The maximum Gasteiger partial charge on any atom is 0.339 e. The molecule has 16 heavy (non-hydrogen) atoms. The van der Waals surface area contributed by atoms with Gasteiger partial charge in [-0.05, 0) is 24.1 Å². The molecule has 1 rings (SSSR count). The van der Waals surface area contributed by atoms with Crippen molar-refractivity contribution in [2.45, 2.75) is 20.3 Å². The molecule has 88 valence electrons. The Kier molecular flexibility index (Phi) is 4.62. The number of aromatic carboxylic acids is 1. The molecule has 1 N–H and O–H groups in total. The Hall–Kier alpha value is -1.22. The number of halogens is 1. The highest BCUT2D eigenvalue weighted by Gasteiger charge is 2.12. The van der Waals surface area contributed by atoms with Crippen molar-refractivity contribution in [3.8, 4) is 5.75 Å². The number of benzene rings is 1. The largest absolute Gasteiger partial charge is 0.492 e. The quantitative estimate of drug-likeness (QED) is 0.860. The number of hydrogen-bond donors (Lipinski definition) is 1. The Labute approximate surface area is 100.0 Å². The van der Waals surface area contributed by atoms with Crippen LogP contribution >= 0.6 is 11.6 Å². The van der Waals surface area contributed by atoms with Crippen molar-refractivity contribution in [1.29, 1.82) is 0 Å². The van der Waals surface area contributed by atoms with Gasteiger partial charge >= 0.3 is 5.97 Å². The van der Waals surface area contributed by atoms with E-state index in [9.17, 15) is 4.79 Å². The fourth-order valence-corrected chi connectivity index (χ4v) is 1.30. The van der Waals surface area contributed by atoms with E-state index in [1.807, 2.05) is 6.92 Å². The van der Waals surface area contributed by atoms with E-state index < -0.39 is 5.97 Å². The molecule has 0 aliphatic rings. The van der Waals surface area contributed by atoms with Crippen molar-refractivity contribution in [2.75, 3.05) is 6.61 Å². The van der Waals surface area contributed by atoms with Gasteiger partial charge in [-0.3, -0.25) is 0 Å². The van der Waals surface area contributed by atoms with Crippen molar-refractivity contribution in [3.05, 3.63) is 28.8 Å². The van der Waals surface area contributed by atoms with Crippen LogP contribution in [-0.2, 0) is 0 Å². The third kappa shape index (κ3) is 3.42. The van der Waals surface area contributed by atoms with Crippen molar-refractivity contribution in [1.82, 2.24) is 0 Å². The first-order chi connectivity index (χ1) is 7.54. The van der Waals surface area contributed by atoms with Crippen LogP contribution < -0.4 is 4.74 Å². The number of ether oxygens (including phenoxy) is 1. The van der Waals surface area contributed by atoms with E-state index in [0.29, 0.717) is 23.3 Å². The van der Waals surface area contributed by atoms with Gasteiger partial charge in [-0.1, -0.05) is 31.9 Å². The van der Waals surface area contributed by atoms with Gasteiger partial charge in [-0.15, -0.1) is 0 Å². The van der Waals surface area contributed by atoms with Crippen molar-refractivity contribution in [3.63, 3.8) is 0 Å². The molecule has 3 nitrogen and oxygen atoms in total. The van der Waals surface area contributed by atoms with Crippen molar-refractivity contribution >= 4 is 17.6 Å². The molecular weight excluding hydrogens is 228 g/mol. The van der Waals surface area contributed by atoms with E-state index in [1.165, 1.54) is 12.1 Å². The summed E-state index contributed by atoms with van der Waals surface area (Å²) < 4.78 is 5.47. The zero-order valence-electron chi connectivity index (χ0n) is 9.37. The smallest absolute Gasteiger partial charge is 0.339 e. The fourth-order valence-electron chi connectivity index (χ4n) is 1.14. The Balaban J connectivity index is 2.84. The highest BCUT2D eigenvalue weighted by Crippen LogP contribution is 2.24. The highest BCUT2D eigenvalue weighted by atomic mass is 35.5. The first-order valence-corrected chi connectivity index (χ1v) is 5.58. The van der Waals surface area contributed by atoms with Crippen LogP contribution in [0, 0.1) is 5.92 Å². The maximum absolute atomic E-state index is 10.9. The lowest BCUT2D eigenvalue weighted by Crippen LogP contribution is -2.10. The third-order valence-corrected chi connectivity index (χ3v) is 2.63. The van der Waals surface area contributed by atoms with E-state index in [2.05, 4.69) is 6.92 Å². The van der Waals surface area contributed by atoms with Gasteiger partial charge in [0.1, 0.15) is 11.3 Å². The molecule has 1 aromatic carbocycles. The molecule has 1 atom stereocenters. The van der Waals surface area contributed by atoms with Crippen LogP contribution in [0.3, 0.4) is 0 Å². The molecular formula is C12H15ClO3. The summed E-state index contributed by atoms with van der Waals surface area (Å²) in [5.41, 5.74) is 0.146. The van der Waals surface area contributed by atoms with Gasteiger partial charge in [0.25, 0.3) is 0 Å². The van der Waals surface area contributed by atoms with Gasteiger partial charge in [0.2, 0.25) is 0 Å². The standard InChI is InChI=1S/C12H15ClO3/c1-3-8(2)7-16-11-6-9(13)4-5-10(11)12(14)15/h4-6,8H,3,7H2,1-2H3,(H,14,15). The summed E-state index contributed by atoms with van der Waals surface area (Å²) in [7, 11) is 0. The van der Waals surface area contributed by atoms with Gasteiger partial charge in [-0.25, -0.2) is 4.79 Å². The van der Waals surface area contributed by atoms with Crippen LogP contribution in [0.15, 0.2) is 18.2 Å². The average molecular weight is 243 g/mol. The van der Waals surface area contributed by atoms with Gasteiger partial charge in [0.05, 0.1) is 6.61 Å². The van der Waals surface area contributed by atoms with E-state index in [-0.39, 0.29) is 5.56 Å². The zero-order chi connectivity index (χ0) is 12.1. The molecule has 0 aliphatic heterocycles. The third-order valence-electron chi connectivity index (χ3n) is 2.39. The highest BCUT2D eigenvalue weighted by molar-refractivity contribution is 6.30. The molecule has 4 heteroatoms. The van der Waals surface area contributed by atoms with Crippen LogP contribution in [0.2, 0.25) is 5.02 Å². The second kappa shape index (κ2) is 5.75. The number of carbonyl (C=O) groups is 1. The van der Waals surface area contributed by atoms with Crippen LogP contribution in [0.1, 0.15) is 30.6 Å². The monoisotopic (exact) mass is 242 g/mol. The van der Waals surface area contributed by atoms with E-state index >= 15 is 0 Å². The minimum Gasteiger partial charge on any atom is -0.492 e. The van der Waals surface area contributed by atoms with E-state index in [4.69, 9.17) is 21.4 Å². The fraction of sp³-hybridized carbons (Fsp3) is 0.417. The summed E-state index contributed by atoms with van der Waals surface area (Å²) in [6.45, 7) is 4.60. The molecule has 0 radical (unpaired) electrons. The van der Waals surface area contributed by atoms with Gasteiger partial charge in [-0.2, -0.15) is 0 Å². The molecule has 0 bridgehead atoms. The molecule has 0 amide bonds. The lowest BCUT2D eigenvalue weighted by Gasteiger charge is -2.13. The molecule has 0 aromatic heterocycles. The summed E-state index contributed by atoms with van der Waals surface area (Å²) in [6, 6.07) is 4.53. The number of hydrogen-bond acceptors (Lipinski definition) is 2. The normalized spacial score (nSPS) is 12.2. The van der Waals surface area contributed by atoms with Crippen LogP contribution in [-0.4, -0.2) is 17.7 Å². The van der Waals surface area contributed by atoms with Crippen molar-refractivity contribution in [2.24, 2.45) is 5.92 Å². The van der Waals surface area contributed by atoms with Gasteiger partial charge in [0, 0.05) is 5.02 Å². The average Bonchev–Trinajstić information content (AvgIpc) is 2.25. The molecule has 0 saturated heterocycles. The molecule has 1 unspecified atom stereocenters. The SMILES string of the molecule is CCC(C)COc1cc(Cl)ccc1C(=O)O. The van der Waals surface area contributed by atoms with E-state index in [0.717, 1.165) is 6.42 Å². The number of carboxylic acid groups (broad SMARTS) is 1. The summed E-state index contributed by atoms with van der Waals surface area (Å²) >= 11 is 5.80. The van der Waals surface area contributed by atoms with Gasteiger partial charge in [0.15, 0.2) is 0 Å². The Bertz CT molecular complexity index is 377. The van der Waals surface area contributed by atoms with Crippen LogP contribution in [0.4, 0.5) is 0 Å². The predicted molar refractivity (Wildman–Crippen MR) is 63.4 cm³/mol. The lowest BCUT2D eigenvalue weighted by atomic mass is 10.1. The molecule has 1 aromatic rings. The minimum absolute atomic E-state index is 0.146. The topological polar surface area (TPSA) is 46.5 Å². The number of rotatable bonds is 5. The summed E-state index contributed by atoms with van der Waals surface area (Å²) in [4.78, 5) is 10.9. The first kappa shape index (κ1) is 12.8. The second-order valence-electron chi connectivity index (χ2n) is 3.77.